The lowest BCUT2D eigenvalue weighted by Crippen LogP contribution is -2.38. The van der Waals surface area contributed by atoms with Gasteiger partial charge in [-0.1, -0.05) is 0 Å². The first kappa shape index (κ1) is 18.2. The highest BCUT2D eigenvalue weighted by Crippen LogP contribution is 2.31. The SMILES string of the molecule is CN(C)C[C@H]1C[C@@H](O)CN1c1cc(N2CCC(c3cnc[nH]3)CC2)ncn1. The molecule has 0 unspecified atom stereocenters. The highest BCUT2D eigenvalue weighted by molar-refractivity contribution is 5.52. The van der Waals surface area contributed by atoms with Crippen molar-refractivity contribution in [1.82, 2.24) is 24.8 Å². The fourth-order valence-electron chi connectivity index (χ4n) is 4.34. The van der Waals surface area contributed by atoms with Crippen LogP contribution in [0.4, 0.5) is 11.6 Å². The Morgan fingerprint density at radius 3 is 2.70 bits per heavy atom. The number of piperidine rings is 1. The van der Waals surface area contributed by atoms with Crippen LogP contribution < -0.4 is 9.80 Å². The fourth-order valence-corrected chi connectivity index (χ4v) is 4.34. The lowest BCUT2D eigenvalue weighted by atomic mass is 9.94. The number of aromatic nitrogens is 4. The summed E-state index contributed by atoms with van der Waals surface area (Å²) < 4.78 is 0. The maximum Gasteiger partial charge on any atom is 0.134 e. The topological polar surface area (TPSA) is 84.4 Å². The molecular weight excluding hydrogens is 342 g/mol. The summed E-state index contributed by atoms with van der Waals surface area (Å²) in [7, 11) is 4.14. The fraction of sp³-hybridized carbons (Fsp3) is 0.632. The largest absolute Gasteiger partial charge is 0.391 e. The van der Waals surface area contributed by atoms with E-state index in [1.165, 1.54) is 5.69 Å². The molecular formula is C19H29N7O. The van der Waals surface area contributed by atoms with Crippen LogP contribution in [0.1, 0.15) is 30.9 Å². The van der Waals surface area contributed by atoms with Crippen molar-refractivity contribution in [2.24, 2.45) is 0 Å². The van der Waals surface area contributed by atoms with Crippen LogP contribution in [0.3, 0.4) is 0 Å². The van der Waals surface area contributed by atoms with Crippen molar-refractivity contribution < 1.29 is 5.11 Å². The molecule has 27 heavy (non-hydrogen) atoms. The van der Waals surface area contributed by atoms with Gasteiger partial charge in [-0.05, 0) is 33.4 Å². The number of aromatic amines is 1. The number of aliphatic hydroxyl groups is 1. The Kier molecular flexibility index (Phi) is 5.27. The Hall–Kier alpha value is -2.19. The Labute approximate surface area is 160 Å². The van der Waals surface area contributed by atoms with Gasteiger partial charge in [-0.2, -0.15) is 0 Å². The van der Waals surface area contributed by atoms with Gasteiger partial charge in [-0.15, -0.1) is 0 Å². The predicted molar refractivity (Wildman–Crippen MR) is 105 cm³/mol. The number of nitrogens with one attached hydrogen (secondary N) is 1. The van der Waals surface area contributed by atoms with E-state index in [0.717, 1.165) is 50.5 Å². The van der Waals surface area contributed by atoms with E-state index in [0.29, 0.717) is 12.5 Å². The number of β-amino-alcohol motifs (C(OH)–C–C–N with tert-alkyl or cyclic N) is 1. The summed E-state index contributed by atoms with van der Waals surface area (Å²) in [6, 6.07) is 2.36. The van der Waals surface area contributed by atoms with Crippen LogP contribution in [0.15, 0.2) is 24.9 Å². The van der Waals surface area contributed by atoms with Gasteiger partial charge >= 0.3 is 0 Å². The third-order valence-corrected chi connectivity index (χ3v) is 5.68. The molecule has 2 fully saturated rings. The minimum atomic E-state index is -0.293. The van der Waals surface area contributed by atoms with Crippen molar-refractivity contribution in [2.45, 2.75) is 37.3 Å². The molecule has 2 aromatic rings. The average Bonchev–Trinajstić information content (AvgIpc) is 3.31. The van der Waals surface area contributed by atoms with E-state index in [1.807, 2.05) is 6.20 Å². The molecule has 2 atom stereocenters. The average molecular weight is 371 g/mol. The van der Waals surface area contributed by atoms with Crippen molar-refractivity contribution >= 4 is 11.6 Å². The van der Waals surface area contributed by atoms with Gasteiger partial charge in [0.15, 0.2) is 0 Å². The molecule has 0 amide bonds. The number of imidazole rings is 1. The number of hydrogen-bond donors (Lipinski definition) is 2. The number of anilines is 2. The van der Waals surface area contributed by atoms with Crippen LogP contribution in [-0.2, 0) is 0 Å². The Balaban J connectivity index is 1.45. The zero-order valence-corrected chi connectivity index (χ0v) is 16.1. The van der Waals surface area contributed by atoms with Gasteiger partial charge in [-0.25, -0.2) is 15.0 Å². The zero-order chi connectivity index (χ0) is 18.8. The minimum Gasteiger partial charge on any atom is -0.391 e. The van der Waals surface area contributed by atoms with Crippen LogP contribution in [0.25, 0.3) is 0 Å². The van der Waals surface area contributed by atoms with Crippen LogP contribution in [-0.4, -0.2) is 82.4 Å². The Morgan fingerprint density at radius 1 is 1.22 bits per heavy atom. The maximum absolute atomic E-state index is 10.2. The summed E-state index contributed by atoms with van der Waals surface area (Å²) in [5, 5.41) is 10.2. The van der Waals surface area contributed by atoms with Crippen LogP contribution in [0.2, 0.25) is 0 Å². The summed E-state index contributed by atoms with van der Waals surface area (Å²) in [5.74, 6) is 2.44. The number of H-pyrrole nitrogens is 1. The quantitative estimate of drug-likeness (QED) is 0.814. The van der Waals surface area contributed by atoms with Crippen LogP contribution in [0.5, 0.6) is 0 Å². The summed E-state index contributed by atoms with van der Waals surface area (Å²) in [6.45, 7) is 3.50. The first-order chi connectivity index (χ1) is 13.1. The van der Waals surface area contributed by atoms with Crippen LogP contribution in [0, 0.1) is 0 Å². The third kappa shape index (κ3) is 4.06. The summed E-state index contributed by atoms with van der Waals surface area (Å²) in [4.78, 5) is 23.2. The van der Waals surface area contributed by atoms with Gasteiger partial charge < -0.3 is 24.8 Å². The van der Waals surface area contributed by atoms with E-state index in [4.69, 9.17) is 0 Å². The third-order valence-electron chi connectivity index (χ3n) is 5.68. The molecule has 0 radical (unpaired) electrons. The predicted octanol–water partition coefficient (Wildman–Crippen LogP) is 1.08. The van der Waals surface area contributed by atoms with Gasteiger partial charge in [0.25, 0.3) is 0 Å². The van der Waals surface area contributed by atoms with E-state index in [9.17, 15) is 5.11 Å². The highest BCUT2D eigenvalue weighted by Gasteiger charge is 2.32. The monoisotopic (exact) mass is 371 g/mol. The Morgan fingerprint density at radius 2 is 2.00 bits per heavy atom. The molecule has 0 spiro atoms. The van der Waals surface area contributed by atoms with E-state index in [2.05, 4.69) is 54.8 Å². The number of likely N-dealkylation sites (N-methyl/N-ethyl adjacent to an activating group) is 1. The number of hydrogen-bond acceptors (Lipinski definition) is 7. The molecule has 8 nitrogen and oxygen atoms in total. The highest BCUT2D eigenvalue weighted by atomic mass is 16.3. The van der Waals surface area contributed by atoms with Crippen molar-refractivity contribution in [2.75, 3.05) is 50.1 Å². The van der Waals surface area contributed by atoms with Crippen molar-refractivity contribution in [3.05, 3.63) is 30.6 Å². The normalized spacial score (nSPS) is 24.1. The molecule has 0 aliphatic carbocycles. The first-order valence-corrected chi connectivity index (χ1v) is 9.75. The minimum absolute atomic E-state index is 0.281. The summed E-state index contributed by atoms with van der Waals surface area (Å²) in [5.41, 5.74) is 1.23. The van der Waals surface area contributed by atoms with E-state index < -0.39 is 0 Å². The second-order valence-corrected chi connectivity index (χ2v) is 7.96. The molecule has 8 heteroatoms. The molecule has 2 aliphatic heterocycles. The summed E-state index contributed by atoms with van der Waals surface area (Å²) in [6.07, 6.45) is 8.02. The van der Waals surface area contributed by atoms with Crippen molar-refractivity contribution in [3.63, 3.8) is 0 Å². The van der Waals surface area contributed by atoms with E-state index in [1.54, 1.807) is 12.7 Å². The molecule has 2 aromatic heterocycles. The molecule has 0 bridgehead atoms. The number of nitrogens with zero attached hydrogens (tertiary/aromatic N) is 6. The first-order valence-electron chi connectivity index (χ1n) is 9.75. The molecule has 0 saturated carbocycles. The molecule has 2 N–H and O–H groups in total. The van der Waals surface area contributed by atoms with Crippen LogP contribution >= 0.6 is 0 Å². The molecule has 2 saturated heterocycles. The molecule has 146 valence electrons. The van der Waals surface area contributed by atoms with Gasteiger partial charge in [0, 0.05) is 56.1 Å². The second kappa shape index (κ2) is 7.82. The smallest absolute Gasteiger partial charge is 0.134 e. The lowest BCUT2D eigenvalue weighted by molar-refractivity contribution is 0.191. The van der Waals surface area contributed by atoms with Crippen molar-refractivity contribution in [3.8, 4) is 0 Å². The second-order valence-electron chi connectivity index (χ2n) is 7.96. The molecule has 4 heterocycles. The van der Waals surface area contributed by atoms with E-state index >= 15 is 0 Å². The van der Waals surface area contributed by atoms with Crippen molar-refractivity contribution in [1.29, 1.82) is 0 Å². The van der Waals surface area contributed by atoms with Gasteiger partial charge in [0.2, 0.25) is 0 Å². The number of rotatable bonds is 5. The van der Waals surface area contributed by atoms with E-state index in [-0.39, 0.29) is 12.1 Å². The molecule has 0 aromatic carbocycles. The Bertz CT molecular complexity index is 727. The lowest BCUT2D eigenvalue weighted by Gasteiger charge is -2.33. The van der Waals surface area contributed by atoms with Gasteiger partial charge in [-0.3, -0.25) is 0 Å². The van der Waals surface area contributed by atoms with Gasteiger partial charge in [0.05, 0.1) is 12.4 Å². The maximum atomic E-state index is 10.2. The molecule has 2 aliphatic rings. The van der Waals surface area contributed by atoms with Gasteiger partial charge in [0.1, 0.15) is 18.0 Å². The summed E-state index contributed by atoms with van der Waals surface area (Å²) >= 11 is 0. The standard InChI is InChI=1S/C19H29N7O/c1-24(2)10-15-7-16(27)11-26(15)19-8-18(22-13-23-19)25-5-3-14(4-6-25)17-9-20-12-21-17/h8-9,12-16,27H,3-7,10-11H2,1-2H3,(H,20,21)/t15-,16-/m1/s1. The zero-order valence-electron chi connectivity index (χ0n) is 16.1. The molecule has 4 rings (SSSR count). The number of aliphatic hydroxyl groups excluding tert-OH is 1.